The number of nitrogens with one attached hydrogen (secondary N) is 1. The van der Waals surface area contributed by atoms with Crippen LogP contribution in [0.5, 0.6) is 0 Å². The molecule has 0 aliphatic carbocycles. The molecule has 2 heterocycles. The molecule has 1 N–H and O–H groups in total. The van der Waals surface area contributed by atoms with Crippen molar-refractivity contribution < 1.29 is 9.47 Å². The lowest BCUT2D eigenvalue weighted by Crippen LogP contribution is -2.40. The van der Waals surface area contributed by atoms with Gasteiger partial charge in [-0.15, -0.1) is 0 Å². The first-order valence-electron chi connectivity index (χ1n) is 6.54. The van der Waals surface area contributed by atoms with E-state index in [2.05, 4.69) is 20.8 Å². The van der Waals surface area contributed by atoms with Crippen molar-refractivity contribution in [2.45, 2.75) is 12.0 Å². The van der Waals surface area contributed by atoms with Gasteiger partial charge in [0.05, 0.1) is 12.3 Å². The summed E-state index contributed by atoms with van der Waals surface area (Å²) in [6.45, 7) is 1.92. The van der Waals surface area contributed by atoms with Crippen LogP contribution < -0.4 is 5.32 Å². The third-order valence-electron chi connectivity index (χ3n) is 3.54. The van der Waals surface area contributed by atoms with Crippen LogP contribution in [0.2, 0.25) is 0 Å². The van der Waals surface area contributed by atoms with E-state index >= 15 is 0 Å². The number of rotatable bonds is 5. The summed E-state index contributed by atoms with van der Waals surface area (Å²) in [5.74, 6) is 0.597. The number of aromatic nitrogens is 4. The average molecular weight is 275 g/mol. The van der Waals surface area contributed by atoms with E-state index in [4.69, 9.17) is 9.47 Å². The molecule has 1 unspecified atom stereocenters. The molecule has 2 aromatic rings. The third kappa shape index (κ3) is 2.50. The molecule has 1 aliphatic rings. The standard InChI is InChI=1S/C13H17N5O2/c1-19-13(7-8-20-10-13)9-14-12-15-16-17-18(12)11-5-3-2-4-6-11/h2-6H,7-10H2,1H3,(H,14,15,17). The highest BCUT2D eigenvalue weighted by molar-refractivity contribution is 5.38. The van der Waals surface area contributed by atoms with E-state index in [0.29, 0.717) is 19.1 Å². The molecule has 0 saturated carbocycles. The van der Waals surface area contributed by atoms with Crippen molar-refractivity contribution in [2.75, 3.05) is 32.2 Å². The molecule has 7 nitrogen and oxygen atoms in total. The lowest BCUT2D eigenvalue weighted by atomic mass is 10.0. The maximum absolute atomic E-state index is 5.58. The molecule has 0 spiro atoms. The van der Waals surface area contributed by atoms with Crippen LogP contribution >= 0.6 is 0 Å². The van der Waals surface area contributed by atoms with E-state index in [0.717, 1.165) is 18.7 Å². The minimum Gasteiger partial charge on any atom is -0.378 e. The van der Waals surface area contributed by atoms with Gasteiger partial charge in [-0.2, -0.15) is 4.68 Å². The van der Waals surface area contributed by atoms with E-state index in [1.54, 1.807) is 11.8 Å². The lowest BCUT2D eigenvalue weighted by Gasteiger charge is -2.25. The molecule has 106 valence electrons. The van der Waals surface area contributed by atoms with Gasteiger partial charge in [-0.05, 0) is 22.6 Å². The number of methoxy groups -OCH3 is 1. The molecule has 1 aromatic carbocycles. The summed E-state index contributed by atoms with van der Waals surface area (Å²) in [5.41, 5.74) is 0.613. The van der Waals surface area contributed by atoms with Crippen molar-refractivity contribution in [3.05, 3.63) is 30.3 Å². The molecule has 7 heteroatoms. The summed E-state index contributed by atoms with van der Waals surface area (Å²) in [6, 6.07) is 9.75. The van der Waals surface area contributed by atoms with Crippen LogP contribution in [-0.2, 0) is 9.47 Å². The predicted molar refractivity (Wildman–Crippen MR) is 72.8 cm³/mol. The molecule has 0 bridgehead atoms. The highest BCUT2D eigenvalue weighted by Crippen LogP contribution is 2.23. The normalized spacial score (nSPS) is 22.1. The number of benzene rings is 1. The molecule has 1 aliphatic heterocycles. The van der Waals surface area contributed by atoms with Gasteiger partial charge in [0.2, 0.25) is 5.95 Å². The lowest BCUT2D eigenvalue weighted by molar-refractivity contribution is -0.00633. The SMILES string of the molecule is COC1(CNc2nnnn2-c2ccccc2)CCOC1. The van der Waals surface area contributed by atoms with Crippen LogP contribution in [0.4, 0.5) is 5.95 Å². The van der Waals surface area contributed by atoms with Crippen molar-refractivity contribution in [3.8, 4) is 5.69 Å². The summed E-state index contributed by atoms with van der Waals surface area (Å²) in [7, 11) is 1.70. The predicted octanol–water partition coefficient (Wildman–Crippen LogP) is 0.880. The van der Waals surface area contributed by atoms with Crippen molar-refractivity contribution >= 4 is 5.95 Å². The number of ether oxygens (including phenoxy) is 2. The molecular weight excluding hydrogens is 258 g/mol. The van der Waals surface area contributed by atoms with Crippen LogP contribution in [0.1, 0.15) is 6.42 Å². The first-order valence-corrected chi connectivity index (χ1v) is 6.54. The van der Waals surface area contributed by atoms with Gasteiger partial charge in [0, 0.05) is 26.7 Å². The molecule has 1 saturated heterocycles. The Hall–Kier alpha value is -1.99. The summed E-state index contributed by atoms with van der Waals surface area (Å²) in [4.78, 5) is 0. The molecule has 1 atom stereocenters. The molecule has 0 radical (unpaired) electrons. The Morgan fingerprint density at radius 1 is 1.40 bits per heavy atom. The molecule has 1 aromatic heterocycles. The third-order valence-corrected chi connectivity index (χ3v) is 3.54. The second kappa shape index (κ2) is 5.56. The Kier molecular flexibility index (Phi) is 3.62. The van der Waals surface area contributed by atoms with Crippen LogP contribution in [-0.4, -0.2) is 52.7 Å². The van der Waals surface area contributed by atoms with Crippen molar-refractivity contribution in [3.63, 3.8) is 0 Å². The van der Waals surface area contributed by atoms with Crippen LogP contribution in [0.3, 0.4) is 0 Å². The maximum Gasteiger partial charge on any atom is 0.247 e. The van der Waals surface area contributed by atoms with Gasteiger partial charge in [0.1, 0.15) is 5.60 Å². The summed E-state index contributed by atoms with van der Waals surface area (Å²) < 4.78 is 12.7. The quantitative estimate of drug-likeness (QED) is 0.873. The van der Waals surface area contributed by atoms with Gasteiger partial charge in [-0.25, -0.2) is 0 Å². The van der Waals surface area contributed by atoms with Gasteiger partial charge < -0.3 is 14.8 Å². The van der Waals surface area contributed by atoms with Gasteiger partial charge in [0.15, 0.2) is 0 Å². The Balaban J connectivity index is 1.74. The smallest absolute Gasteiger partial charge is 0.247 e. The molecule has 1 fully saturated rings. The van der Waals surface area contributed by atoms with Gasteiger partial charge in [-0.3, -0.25) is 0 Å². The highest BCUT2D eigenvalue weighted by Gasteiger charge is 2.35. The fourth-order valence-electron chi connectivity index (χ4n) is 2.24. The van der Waals surface area contributed by atoms with Gasteiger partial charge >= 0.3 is 0 Å². The van der Waals surface area contributed by atoms with Crippen LogP contribution in [0, 0.1) is 0 Å². The number of hydrogen-bond acceptors (Lipinski definition) is 6. The minimum atomic E-state index is -0.298. The van der Waals surface area contributed by atoms with E-state index in [1.807, 2.05) is 30.3 Å². The van der Waals surface area contributed by atoms with Crippen LogP contribution in [0.15, 0.2) is 30.3 Å². The number of tetrazole rings is 1. The molecule has 3 rings (SSSR count). The minimum absolute atomic E-state index is 0.298. The summed E-state index contributed by atoms with van der Waals surface area (Å²) in [5, 5.41) is 15.0. The van der Waals surface area contributed by atoms with Crippen molar-refractivity contribution in [2.24, 2.45) is 0 Å². The molecule has 20 heavy (non-hydrogen) atoms. The number of nitrogens with zero attached hydrogens (tertiary/aromatic N) is 4. The second-order valence-electron chi connectivity index (χ2n) is 4.79. The zero-order valence-corrected chi connectivity index (χ0v) is 11.3. The number of para-hydroxylation sites is 1. The summed E-state index contributed by atoms with van der Waals surface area (Å²) in [6.07, 6.45) is 0.864. The Labute approximate surface area is 116 Å². The fourth-order valence-corrected chi connectivity index (χ4v) is 2.24. The first kappa shape index (κ1) is 13.0. The van der Waals surface area contributed by atoms with E-state index in [1.165, 1.54) is 0 Å². The Bertz CT molecular complexity index is 551. The zero-order chi connectivity index (χ0) is 13.8. The monoisotopic (exact) mass is 275 g/mol. The molecule has 0 amide bonds. The number of anilines is 1. The molecular formula is C13H17N5O2. The maximum atomic E-state index is 5.58. The Morgan fingerprint density at radius 2 is 2.25 bits per heavy atom. The fraction of sp³-hybridized carbons (Fsp3) is 0.462. The van der Waals surface area contributed by atoms with E-state index < -0.39 is 0 Å². The second-order valence-corrected chi connectivity index (χ2v) is 4.79. The summed E-state index contributed by atoms with van der Waals surface area (Å²) >= 11 is 0. The van der Waals surface area contributed by atoms with Crippen molar-refractivity contribution in [1.29, 1.82) is 0 Å². The topological polar surface area (TPSA) is 74.1 Å². The highest BCUT2D eigenvalue weighted by atomic mass is 16.5. The van der Waals surface area contributed by atoms with E-state index in [-0.39, 0.29) is 5.60 Å². The Morgan fingerprint density at radius 3 is 2.95 bits per heavy atom. The van der Waals surface area contributed by atoms with Gasteiger partial charge in [0.25, 0.3) is 0 Å². The van der Waals surface area contributed by atoms with Crippen LogP contribution in [0.25, 0.3) is 5.69 Å². The largest absolute Gasteiger partial charge is 0.378 e. The average Bonchev–Trinajstić information content (AvgIpc) is 3.16. The van der Waals surface area contributed by atoms with E-state index in [9.17, 15) is 0 Å². The van der Waals surface area contributed by atoms with Crippen molar-refractivity contribution in [1.82, 2.24) is 20.2 Å². The zero-order valence-electron chi connectivity index (χ0n) is 11.3. The number of hydrogen-bond donors (Lipinski definition) is 1. The van der Waals surface area contributed by atoms with Gasteiger partial charge in [-0.1, -0.05) is 23.3 Å². The first-order chi connectivity index (χ1) is 9.83.